The van der Waals surface area contributed by atoms with E-state index in [-0.39, 0.29) is 17.8 Å². The number of hydrogen-bond acceptors (Lipinski definition) is 5. The molecule has 0 saturated heterocycles. The molecular weight excluding hydrogens is 274 g/mol. The molecular formula is C14H13N3O4. The van der Waals surface area contributed by atoms with Crippen LogP contribution in [0.25, 0.3) is 0 Å². The fraction of sp³-hybridized carbons (Fsp3) is 0.143. The predicted molar refractivity (Wildman–Crippen MR) is 76.4 cm³/mol. The van der Waals surface area contributed by atoms with E-state index in [1.165, 1.54) is 24.4 Å². The van der Waals surface area contributed by atoms with Crippen LogP contribution in [0.4, 0.5) is 11.4 Å². The number of aromatic carboxylic acids is 1. The maximum absolute atomic E-state index is 11.0. The molecule has 2 N–H and O–H groups in total. The van der Waals surface area contributed by atoms with Crippen molar-refractivity contribution in [2.24, 2.45) is 0 Å². The number of benzene rings is 1. The summed E-state index contributed by atoms with van der Waals surface area (Å²) in [4.78, 5) is 25.4. The first-order chi connectivity index (χ1) is 9.97. The van der Waals surface area contributed by atoms with Gasteiger partial charge in [-0.25, -0.2) is 4.79 Å². The molecule has 0 spiro atoms. The fourth-order valence-corrected chi connectivity index (χ4v) is 1.84. The first-order valence-electron chi connectivity index (χ1n) is 6.14. The van der Waals surface area contributed by atoms with Gasteiger partial charge in [-0.3, -0.25) is 15.1 Å². The van der Waals surface area contributed by atoms with Crippen LogP contribution in [0, 0.1) is 17.0 Å². The Bertz CT molecular complexity index is 700. The molecule has 0 atom stereocenters. The van der Waals surface area contributed by atoms with Crippen LogP contribution in [0.15, 0.2) is 36.5 Å². The van der Waals surface area contributed by atoms with Crippen molar-refractivity contribution in [3.05, 3.63) is 63.5 Å². The second-order valence-corrected chi connectivity index (χ2v) is 4.47. The average molecular weight is 287 g/mol. The molecule has 0 aliphatic rings. The van der Waals surface area contributed by atoms with Crippen LogP contribution in [0.1, 0.15) is 21.6 Å². The molecule has 1 aromatic heterocycles. The maximum atomic E-state index is 11.0. The van der Waals surface area contributed by atoms with Crippen LogP contribution >= 0.6 is 0 Å². The molecule has 0 saturated carbocycles. The van der Waals surface area contributed by atoms with Gasteiger partial charge < -0.3 is 10.4 Å². The zero-order valence-electron chi connectivity index (χ0n) is 11.2. The number of hydrogen-bond donors (Lipinski definition) is 2. The summed E-state index contributed by atoms with van der Waals surface area (Å²) in [6, 6.07) is 7.67. The molecule has 2 rings (SSSR count). The van der Waals surface area contributed by atoms with Crippen molar-refractivity contribution in [3.8, 4) is 0 Å². The van der Waals surface area contributed by atoms with Crippen molar-refractivity contribution >= 4 is 17.3 Å². The monoisotopic (exact) mass is 287 g/mol. The molecule has 0 fully saturated rings. The summed E-state index contributed by atoms with van der Waals surface area (Å²) in [5.41, 5.74) is 1.75. The highest BCUT2D eigenvalue weighted by Gasteiger charge is 2.13. The standard InChI is InChI=1S/C14H13N3O4/c1-9-2-3-12(13(6-9)17(20)21)16-8-11-7-10(14(18)19)4-5-15-11/h2-7,16H,8H2,1H3,(H,18,19). The molecule has 0 amide bonds. The molecule has 7 nitrogen and oxygen atoms in total. The first kappa shape index (κ1) is 14.4. The first-order valence-corrected chi connectivity index (χ1v) is 6.14. The Balaban J connectivity index is 2.18. The van der Waals surface area contributed by atoms with E-state index in [0.29, 0.717) is 11.4 Å². The Hall–Kier alpha value is -2.96. The largest absolute Gasteiger partial charge is 0.478 e. The van der Waals surface area contributed by atoms with Crippen LogP contribution in [0.3, 0.4) is 0 Å². The third-order valence-electron chi connectivity index (χ3n) is 2.87. The number of carboxylic acid groups (broad SMARTS) is 1. The molecule has 0 aliphatic carbocycles. The van der Waals surface area contributed by atoms with Crippen LogP contribution in [0.5, 0.6) is 0 Å². The lowest BCUT2D eigenvalue weighted by molar-refractivity contribution is -0.384. The van der Waals surface area contributed by atoms with Gasteiger partial charge in [-0.2, -0.15) is 0 Å². The summed E-state index contributed by atoms with van der Waals surface area (Å²) in [5, 5.41) is 22.8. The molecule has 0 unspecified atom stereocenters. The van der Waals surface area contributed by atoms with Gasteiger partial charge in [-0.15, -0.1) is 0 Å². The number of pyridine rings is 1. The third-order valence-corrected chi connectivity index (χ3v) is 2.87. The topological polar surface area (TPSA) is 105 Å². The van der Waals surface area contributed by atoms with Gasteiger partial charge in [-0.1, -0.05) is 6.07 Å². The minimum absolute atomic E-state index is 0.0237. The number of carbonyl (C=O) groups is 1. The third kappa shape index (κ3) is 3.53. The van der Waals surface area contributed by atoms with E-state index in [0.717, 1.165) is 5.56 Å². The van der Waals surface area contributed by atoms with E-state index >= 15 is 0 Å². The summed E-state index contributed by atoms with van der Waals surface area (Å²) in [7, 11) is 0. The summed E-state index contributed by atoms with van der Waals surface area (Å²) in [5.74, 6) is -1.04. The molecule has 0 radical (unpaired) electrons. The summed E-state index contributed by atoms with van der Waals surface area (Å²) in [6.07, 6.45) is 1.39. The number of nitro benzene ring substituents is 1. The second kappa shape index (κ2) is 6.00. The quantitative estimate of drug-likeness (QED) is 0.646. The number of anilines is 1. The Labute approximate surface area is 120 Å². The van der Waals surface area contributed by atoms with E-state index in [2.05, 4.69) is 10.3 Å². The van der Waals surface area contributed by atoms with Gasteiger partial charge in [0.15, 0.2) is 0 Å². The highest BCUT2D eigenvalue weighted by Crippen LogP contribution is 2.25. The number of nitrogens with zero attached hydrogens (tertiary/aromatic N) is 2. The minimum Gasteiger partial charge on any atom is -0.478 e. The van der Waals surface area contributed by atoms with Crippen molar-refractivity contribution in [1.82, 2.24) is 4.98 Å². The second-order valence-electron chi connectivity index (χ2n) is 4.47. The number of rotatable bonds is 5. The molecule has 0 bridgehead atoms. The Morgan fingerprint density at radius 3 is 2.81 bits per heavy atom. The van der Waals surface area contributed by atoms with Crippen LogP contribution in [-0.2, 0) is 6.54 Å². The highest BCUT2D eigenvalue weighted by atomic mass is 16.6. The normalized spacial score (nSPS) is 10.1. The molecule has 7 heteroatoms. The van der Waals surface area contributed by atoms with Gasteiger partial charge in [0.25, 0.3) is 5.69 Å². The van der Waals surface area contributed by atoms with Crippen molar-refractivity contribution in [2.45, 2.75) is 13.5 Å². The lowest BCUT2D eigenvalue weighted by Crippen LogP contribution is -2.06. The average Bonchev–Trinajstić information content (AvgIpc) is 2.46. The van der Waals surface area contributed by atoms with Crippen molar-refractivity contribution in [1.29, 1.82) is 0 Å². The maximum Gasteiger partial charge on any atom is 0.335 e. The van der Waals surface area contributed by atoms with E-state index < -0.39 is 10.9 Å². The lowest BCUT2D eigenvalue weighted by atomic mass is 10.2. The molecule has 1 heterocycles. The van der Waals surface area contributed by atoms with Gasteiger partial charge >= 0.3 is 5.97 Å². The van der Waals surface area contributed by atoms with E-state index in [4.69, 9.17) is 5.11 Å². The van der Waals surface area contributed by atoms with Gasteiger partial charge in [0.2, 0.25) is 0 Å². The summed E-state index contributed by atoms with van der Waals surface area (Å²) < 4.78 is 0. The number of carboxylic acids is 1. The predicted octanol–water partition coefficient (Wildman–Crippen LogP) is 2.61. The van der Waals surface area contributed by atoms with E-state index in [1.54, 1.807) is 19.1 Å². The van der Waals surface area contributed by atoms with Crippen molar-refractivity contribution in [2.75, 3.05) is 5.32 Å². The summed E-state index contributed by atoms with van der Waals surface area (Å²) >= 11 is 0. The summed E-state index contributed by atoms with van der Waals surface area (Å²) in [6.45, 7) is 1.97. The van der Waals surface area contributed by atoms with Crippen LogP contribution < -0.4 is 5.32 Å². The van der Waals surface area contributed by atoms with Gasteiger partial charge in [0.05, 0.1) is 22.7 Å². The van der Waals surface area contributed by atoms with Gasteiger partial charge in [-0.05, 0) is 30.7 Å². The van der Waals surface area contributed by atoms with Gasteiger partial charge in [0.1, 0.15) is 5.69 Å². The Morgan fingerprint density at radius 2 is 2.14 bits per heavy atom. The van der Waals surface area contributed by atoms with E-state index in [1.807, 2.05) is 0 Å². The SMILES string of the molecule is Cc1ccc(NCc2cc(C(=O)O)ccn2)c([N+](=O)[O-])c1. The van der Waals surface area contributed by atoms with Crippen molar-refractivity contribution < 1.29 is 14.8 Å². The molecule has 2 aromatic rings. The Morgan fingerprint density at radius 1 is 1.38 bits per heavy atom. The van der Waals surface area contributed by atoms with Crippen LogP contribution in [0.2, 0.25) is 0 Å². The highest BCUT2D eigenvalue weighted by molar-refractivity contribution is 5.87. The van der Waals surface area contributed by atoms with Crippen molar-refractivity contribution in [3.63, 3.8) is 0 Å². The van der Waals surface area contributed by atoms with E-state index in [9.17, 15) is 14.9 Å². The Kier molecular flexibility index (Phi) is 4.13. The molecule has 0 aliphatic heterocycles. The molecule has 21 heavy (non-hydrogen) atoms. The number of aromatic nitrogens is 1. The number of aryl methyl sites for hydroxylation is 1. The van der Waals surface area contributed by atoms with Crippen LogP contribution in [-0.4, -0.2) is 21.0 Å². The smallest absolute Gasteiger partial charge is 0.335 e. The minimum atomic E-state index is -1.04. The number of nitrogens with one attached hydrogen (secondary N) is 1. The molecule has 108 valence electrons. The zero-order valence-corrected chi connectivity index (χ0v) is 11.2. The lowest BCUT2D eigenvalue weighted by Gasteiger charge is -2.07. The zero-order chi connectivity index (χ0) is 15.4. The van der Waals surface area contributed by atoms with Gasteiger partial charge in [0, 0.05) is 12.3 Å². The fourth-order valence-electron chi connectivity index (χ4n) is 1.84. The molecule has 1 aromatic carbocycles. The number of nitro groups is 1.